The van der Waals surface area contributed by atoms with Crippen LogP contribution in [0.1, 0.15) is 5.56 Å². The van der Waals surface area contributed by atoms with E-state index >= 15 is 0 Å². The number of benzene rings is 2. The second-order valence-corrected chi connectivity index (χ2v) is 6.07. The van der Waals surface area contributed by atoms with Crippen molar-refractivity contribution in [3.63, 3.8) is 0 Å². The van der Waals surface area contributed by atoms with E-state index in [9.17, 15) is 0 Å². The fraction of sp³-hybridized carbons (Fsp3) is 0.263. The van der Waals surface area contributed by atoms with Crippen LogP contribution in [0, 0.1) is 6.92 Å². The van der Waals surface area contributed by atoms with Gasteiger partial charge in [0.05, 0.1) is 24.1 Å². The lowest BCUT2D eigenvalue weighted by molar-refractivity contribution is -0.843. The van der Waals surface area contributed by atoms with E-state index < -0.39 is 0 Å². The first-order valence-corrected chi connectivity index (χ1v) is 8.33. The summed E-state index contributed by atoms with van der Waals surface area (Å²) in [5.74, 6) is 1.71. The third-order valence-electron chi connectivity index (χ3n) is 4.43. The Kier molecular flexibility index (Phi) is 5.48. The van der Waals surface area contributed by atoms with Crippen LogP contribution >= 0.6 is 0 Å². The molecule has 0 atom stereocenters. The van der Waals surface area contributed by atoms with E-state index in [1.54, 1.807) is 0 Å². The molecule has 130 valence electrons. The van der Waals surface area contributed by atoms with Crippen molar-refractivity contribution in [3.8, 4) is 0 Å². The van der Waals surface area contributed by atoms with Crippen LogP contribution in [0.15, 0.2) is 48.5 Å². The topological polar surface area (TPSA) is 51.5 Å². The molecule has 1 fully saturated rings. The molecule has 0 amide bonds. The zero-order valence-corrected chi connectivity index (χ0v) is 14.9. The maximum atomic E-state index is 5.50. The Labute approximate surface area is 153 Å². The molecule has 0 spiro atoms. The lowest BCUT2D eigenvalue weighted by Gasteiger charge is -2.23. The highest BCUT2D eigenvalue weighted by Gasteiger charge is 2.22. The van der Waals surface area contributed by atoms with E-state index in [0.29, 0.717) is 5.95 Å². The minimum absolute atomic E-state index is 0. The highest BCUT2D eigenvalue weighted by atomic mass is 35.5. The minimum atomic E-state index is 0. The Morgan fingerprint density at radius 3 is 2.48 bits per heavy atom. The quantitative estimate of drug-likeness (QED) is 0.647. The molecule has 1 aromatic heterocycles. The summed E-state index contributed by atoms with van der Waals surface area (Å²) in [5.41, 5.74) is 3.18. The van der Waals surface area contributed by atoms with Crippen molar-refractivity contribution >= 4 is 28.4 Å². The molecule has 5 nitrogen and oxygen atoms in total. The number of ether oxygens (including phenoxy) is 1. The zero-order chi connectivity index (χ0) is 16.4. The lowest BCUT2D eigenvalue weighted by atomic mass is 10.2. The Bertz CT molecular complexity index is 865. The van der Waals surface area contributed by atoms with E-state index in [4.69, 9.17) is 14.7 Å². The van der Waals surface area contributed by atoms with Crippen LogP contribution in [0.5, 0.6) is 0 Å². The summed E-state index contributed by atoms with van der Waals surface area (Å²) in [6.07, 6.45) is 0. The molecule has 0 aliphatic carbocycles. The first kappa shape index (κ1) is 17.6. The van der Waals surface area contributed by atoms with Crippen LogP contribution in [0.2, 0.25) is 0 Å². The van der Waals surface area contributed by atoms with Crippen LogP contribution in [-0.4, -0.2) is 36.3 Å². The van der Waals surface area contributed by atoms with Gasteiger partial charge < -0.3 is 22.5 Å². The number of anilines is 2. The number of halogens is 1. The maximum absolute atomic E-state index is 5.50. The summed E-state index contributed by atoms with van der Waals surface area (Å²) in [6, 6.07) is 16.4. The third-order valence-corrected chi connectivity index (χ3v) is 4.43. The van der Waals surface area contributed by atoms with E-state index in [1.165, 1.54) is 10.5 Å². The predicted molar refractivity (Wildman–Crippen MR) is 95.2 cm³/mol. The summed E-state index contributed by atoms with van der Waals surface area (Å²) < 4.78 is 5.50. The van der Waals surface area contributed by atoms with Crippen molar-refractivity contribution in [2.24, 2.45) is 0 Å². The first-order valence-electron chi connectivity index (χ1n) is 8.33. The summed E-state index contributed by atoms with van der Waals surface area (Å²) in [7, 11) is 0. The van der Waals surface area contributed by atoms with Gasteiger partial charge >= 0.3 is 0 Å². The third kappa shape index (κ3) is 3.74. The molecule has 0 saturated carbocycles. The van der Waals surface area contributed by atoms with Gasteiger partial charge in [-0.25, -0.2) is 4.98 Å². The number of nitrogens with one attached hydrogen (secondary N) is 2. The van der Waals surface area contributed by atoms with Gasteiger partial charge in [0.1, 0.15) is 13.1 Å². The van der Waals surface area contributed by atoms with Gasteiger partial charge in [-0.2, -0.15) is 4.98 Å². The van der Waals surface area contributed by atoms with E-state index in [1.807, 2.05) is 30.3 Å². The van der Waals surface area contributed by atoms with E-state index in [-0.39, 0.29) is 12.4 Å². The van der Waals surface area contributed by atoms with Gasteiger partial charge in [-0.1, -0.05) is 30.3 Å². The zero-order valence-electron chi connectivity index (χ0n) is 14.1. The molecule has 0 radical (unpaired) electrons. The Morgan fingerprint density at radius 1 is 0.960 bits per heavy atom. The number of hydrogen-bond donors (Lipinski definition) is 2. The number of morpholine rings is 1. The number of quaternary nitrogens is 1. The van der Waals surface area contributed by atoms with Crippen LogP contribution in [-0.2, 0) is 4.74 Å². The molecular formula is C19H21ClN4O. The number of nitrogens with zero attached hydrogens (tertiary/aromatic N) is 2. The summed E-state index contributed by atoms with van der Waals surface area (Å²) >= 11 is 0. The van der Waals surface area contributed by atoms with Crippen LogP contribution in [0.3, 0.4) is 0 Å². The normalized spacial score (nSPS) is 14.9. The molecule has 2 N–H and O–H groups in total. The number of aromatic nitrogens is 2. The van der Waals surface area contributed by atoms with Gasteiger partial charge in [0, 0.05) is 5.69 Å². The highest BCUT2D eigenvalue weighted by Crippen LogP contribution is 2.23. The van der Waals surface area contributed by atoms with Crippen LogP contribution in [0.4, 0.5) is 17.5 Å². The lowest BCUT2D eigenvalue weighted by Crippen LogP contribution is -3.09. The van der Waals surface area contributed by atoms with Crippen LogP contribution in [0.25, 0.3) is 10.9 Å². The van der Waals surface area contributed by atoms with Gasteiger partial charge in [0.15, 0.2) is 0 Å². The summed E-state index contributed by atoms with van der Waals surface area (Å²) in [4.78, 5) is 10.9. The van der Waals surface area contributed by atoms with Crippen LogP contribution < -0.4 is 22.6 Å². The standard InChI is InChI=1S/C19H20N4O.ClH/c1-14-6-2-4-8-16(14)20-19-21-17-9-5-3-7-15(17)18(22-19)23-10-12-24-13-11-23;/h2-9H,10-13H2,1H3,(H,20,21,22);1H. The van der Waals surface area contributed by atoms with Gasteiger partial charge in [0.25, 0.3) is 0 Å². The smallest absolute Gasteiger partial charge is 0.238 e. The van der Waals surface area contributed by atoms with E-state index in [0.717, 1.165) is 48.7 Å². The number of para-hydroxylation sites is 2. The molecule has 0 bridgehead atoms. The molecule has 1 saturated heterocycles. The molecule has 6 heteroatoms. The Hall–Kier alpha value is -2.21. The summed E-state index contributed by atoms with van der Waals surface area (Å²) in [5, 5.41) is 4.49. The number of rotatable bonds is 3. The van der Waals surface area contributed by atoms with Gasteiger partial charge in [0.2, 0.25) is 11.8 Å². The number of aryl methyl sites for hydroxylation is 1. The number of hydrogen-bond acceptors (Lipinski definition) is 4. The van der Waals surface area contributed by atoms with Crippen molar-refractivity contribution in [1.82, 2.24) is 9.97 Å². The molecule has 0 unspecified atom stereocenters. The predicted octanol–water partition coefficient (Wildman–Crippen LogP) is -0.768. The highest BCUT2D eigenvalue weighted by molar-refractivity contribution is 5.87. The summed E-state index contributed by atoms with van der Waals surface area (Å²) in [6.45, 7) is 5.50. The second-order valence-electron chi connectivity index (χ2n) is 6.07. The monoisotopic (exact) mass is 356 g/mol. The molecule has 25 heavy (non-hydrogen) atoms. The average Bonchev–Trinajstić information content (AvgIpc) is 2.64. The van der Waals surface area contributed by atoms with Crippen molar-refractivity contribution in [2.75, 3.05) is 31.6 Å². The molecule has 1 aliphatic heterocycles. The van der Waals surface area contributed by atoms with Crippen molar-refractivity contribution in [1.29, 1.82) is 0 Å². The maximum Gasteiger partial charge on any atom is 0.238 e. The molecule has 3 aromatic rings. The number of fused-ring (bicyclic) bond motifs is 1. The van der Waals surface area contributed by atoms with Gasteiger partial charge in [-0.15, -0.1) is 0 Å². The van der Waals surface area contributed by atoms with Gasteiger partial charge in [-0.05, 0) is 30.7 Å². The fourth-order valence-electron chi connectivity index (χ4n) is 3.09. The van der Waals surface area contributed by atoms with Crippen molar-refractivity contribution in [3.05, 3.63) is 54.1 Å². The SMILES string of the molecule is Cc1ccccc1Nc1nc([NH+]2CCOCC2)c2ccccc2n1.[Cl-]. The van der Waals surface area contributed by atoms with Crippen molar-refractivity contribution < 1.29 is 22.0 Å². The fourth-order valence-corrected chi connectivity index (χ4v) is 3.09. The van der Waals surface area contributed by atoms with E-state index in [2.05, 4.69) is 30.4 Å². The Balaban J connectivity index is 0.00000182. The van der Waals surface area contributed by atoms with Crippen molar-refractivity contribution in [2.45, 2.75) is 6.92 Å². The molecule has 4 rings (SSSR count). The second kappa shape index (κ2) is 7.78. The Morgan fingerprint density at radius 2 is 1.68 bits per heavy atom. The molecular weight excluding hydrogens is 336 g/mol. The molecule has 2 heterocycles. The molecule has 2 aromatic carbocycles. The largest absolute Gasteiger partial charge is 1.00 e. The average molecular weight is 357 g/mol. The molecule has 1 aliphatic rings. The minimum Gasteiger partial charge on any atom is -1.00 e. The first-order chi connectivity index (χ1) is 11.8. The van der Waals surface area contributed by atoms with Gasteiger partial charge in [-0.3, -0.25) is 4.90 Å².